The summed E-state index contributed by atoms with van der Waals surface area (Å²) in [5.74, 6) is 1.49. The van der Waals surface area contributed by atoms with Gasteiger partial charge < -0.3 is 9.47 Å². The number of hydrogen-bond donors (Lipinski definition) is 0. The number of hydrogen-bond acceptors (Lipinski definition) is 6. The zero-order valence-corrected chi connectivity index (χ0v) is 17.3. The number of carbonyl (C=O) groups is 1. The average molecular weight is 448 g/mol. The van der Waals surface area contributed by atoms with E-state index in [1.807, 2.05) is 18.4 Å². The molecule has 140 valence electrons. The smallest absolute Gasteiger partial charge is 0.259 e. The summed E-state index contributed by atoms with van der Waals surface area (Å²) in [4.78, 5) is 23.1. The Hall–Kier alpha value is -2.45. The third kappa shape index (κ3) is 4.64. The molecule has 0 spiro atoms. The van der Waals surface area contributed by atoms with Crippen molar-refractivity contribution in [2.24, 2.45) is 0 Å². The van der Waals surface area contributed by atoms with Crippen LogP contribution in [0, 0.1) is 0 Å². The lowest BCUT2D eigenvalue weighted by molar-refractivity contribution is 0.0987. The fourth-order valence-corrected chi connectivity index (χ4v) is 3.25. The van der Waals surface area contributed by atoms with E-state index in [0.29, 0.717) is 36.0 Å². The standard InChI is InChI=1S/C19H18BrN3O3S/c1-3-23(18-7-5-14(20)9-21-18)19(24)13-4-6-16(17(8-13)25-2)26-10-15-11-27-12-22-15/h4-9,11-12H,3,10H2,1-2H3. The van der Waals surface area contributed by atoms with Crippen molar-refractivity contribution in [3.05, 3.63) is 63.1 Å². The highest BCUT2D eigenvalue weighted by atomic mass is 79.9. The van der Waals surface area contributed by atoms with Crippen LogP contribution < -0.4 is 14.4 Å². The summed E-state index contributed by atoms with van der Waals surface area (Å²) < 4.78 is 12.0. The molecule has 0 aliphatic rings. The first kappa shape index (κ1) is 19.3. The molecule has 1 amide bonds. The molecule has 0 aliphatic heterocycles. The molecular formula is C19H18BrN3O3S. The van der Waals surface area contributed by atoms with Crippen LogP contribution in [0.4, 0.5) is 5.82 Å². The predicted octanol–water partition coefficient (Wildman–Crippen LogP) is 4.55. The fraction of sp³-hybridized carbons (Fsp3) is 0.211. The highest BCUT2D eigenvalue weighted by Crippen LogP contribution is 2.30. The number of halogens is 1. The van der Waals surface area contributed by atoms with Crippen LogP contribution in [0.2, 0.25) is 0 Å². The third-order valence-electron chi connectivity index (χ3n) is 3.82. The van der Waals surface area contributed by atoms with Crippen LogP contribution in [-0.4, -0.2) is 29.5 Å². The van der Waals surface area contributed by atoms with Gasteiger partial charge in [-0.1, -0.05) is 0 Å². The van der Waals surface area contributed by atoms with Gasteiger partial charge in [-0.2, -0.15) is 0 Å². The molecule has 0 unspecified atom stereocenters. The Balaban J connectivity index is 1.80. The Morgan fingerprint density at radius 3 is 2.70 bits per heavy atom. The Morgan fingerprint density at radius 2 is 2.07 bits per heavy atom. The number of nitrogens with zero attached hydrogens (tertiary/aromatic N) is 3. The van der Waals surface area contributed by atoms with Gasteiger partial charge in [0, 0.05) is 28.2 Å². The lowest BCUT2D eigenvalue weighted by atomic mass is 10.1. The first-order valence-electron chi connectivity index (χ1n) is 8.23. The van der Waals surface area contributed by atoms with E-state index in [0.717, 1.165) is 10.2 Å². The number of ether oxygens (including phenoxy) is 2. The van der Waals surface area contributed by atoms with Crippen LogP contribution in [0.1, 0.15) is 23.0 Å². The maximum absolute atomic E-state index is 13.0. The molecule has 0 aliphatic carbocycles. The molecule has 6 nitrogen and oxygen atoms in total. The number of methoxy groups -OCH3 is 1. The summed E-state index contributed by atoms with van der Waals surface area (Å²) in [7, 11) is 1.55. The summed E-state index contributed by atoms with van der Waals surface area (Å²) in [6.45, 7) is 2.75. The van der Waals surface area contributed by atoms with Crippen LogP contribution >= 0.6 is 27.3 Å². The topological polar surface area (TPSA) is 64.6 Å². The quantitative estimate of drug-likeness (QED) is 0.531. The van der Waals surface area contributed by atoms with Crippen molar-refractivity contribution >= 4 is 39.0 Å². The van der Waals surface area contributed by atoms with E-state index in [4.69, 9.17) is 9.47 Å². The Morgan fingerprint density at radius 1 is 1.22 bits per heavy atom. The Labute approximate surface area is 169 Å². The molecule has 0 atom stereocenters. The molecule has 0 N–H and O–H groups in total. The van der Waals surface area contributed by atoms with Crippen LogP contribution in [0.3, 0.4) is 0 Å². The van der Waals surface area contributed by atoms with E-state index in [1.54, 1.807) is 48.0 Å². The number of benzene rings is 1. The van der Waals surface area contributed by atoms with Gasteiger partial charge in [-0.3, -0.25) is 9.69 Å². The molecule has 8 heteroatoms. The minimum absolute atomic E-state index is 0.156. The second-order valence-electron chi connectivity index (χ2n) is 5.52. The first-order chi connectivity index (χ1) is 13.1. The molecule has 0 saturated heterocycles. The third-order valence-corrected chi connectivity index (χ3v) is 4.92. The molecule has 3 rings (SSSR count). The summed E-state index contributed by atoms with van der Waals surface area (Å²) >= 11 is 4.87. The van der Waals surface area contributed by atoms with E-state index >= 15 is 0 Å². The number of thiazole rings is 1. The molecule has 0 fully saturated rings. The van der Waals surface area contributed by atoms with Crippen LogP contribution in [0.25, 0.3) is 0 Å². The monoisotopic (exact) mass is 447 g/mol. The number of aromatic nitrogens is 2. The molecular weight excluding hydrogens is 430 g/mol. The number of pyridine rings is 1. The summed E-state index contributed by atoms with van der Waals surface area (Å²) in [5, 5.41) is 1.93. The van der Waals surface area contributed by atoms with Gasteiger partial charge in [0.05, 0.1) is 18.3 Å². The van der Waals surface area contributed by atoms with Gasteiger partial charge in [0.15, 0.2) is 11.5 Å². The van der Waals surface area contributed by atoms with Gasteiger partial charge >= 0.3 is 0 Å². The fourth-order valence-electron chi connectivity index (χ4n) is 2.47. The second kappa shape index (κ2) is 8.96. The second-order valence-corrected chi connectivity index (χ2v) is 7.15. The summed E-state index contributed by atoms with van der Waals surface area (Å²) in [6.07, 6.45) is 1.67. The number of anilines is 1. The van der Waals surface area contributed by atoms with Gasteiger partial charge in [0.2, 0.25) is 0 Å². The van der Waals surface area contributed by atoms with Crippen molar-refractivity contribution < 1.29 is 14.3 Å². The van der Waals surface area contributed by atoms with E-state index in [9.17, 15) is 4.79 Å². The normalized spacial score (nSPS) is 10.5. The Kier molecular flexibility index (Phi) is 6.41. The predicted molar refractivity (Wildman–Crippen MR) is 109 cm³/mol. The average Bonchev–Trinajstić information content (AvgIpc) is 3.21. The van der Waals surface area contributed by atoms with Gasteiger partial charge in [-0.25, -0.2) is 9.97 Å². The zero-order chi connectivity index (χ0) is 19.2. The van der Waals surface area contributed by atoms with Crippen molar-refractivity contribution in [2.75, 3.05) is 18.6 Å². The molecule has 3 aromatic rings. The first-order valence-corrected chi connectivity index (χ1v) is 9.97. The largest absolute Gasteiger partial charge is 0.493 e. The Bertz CT molecular complexity index is 901. The lowest BCUT2D eigenvalue weighted by Gasteiger charge is -2.20. The number of amides is 1. The van der Waals surface area contributed by atoms with E-state index in [2.05, 4.69) is 25.9 Å². The number of rotatable bonds is 7. The molecule has 0 bridgehead atoms. The van der Waals surface area contributed by atoms with Crippen molar-refractivity contribution in [1.82, 2.24) is 9.97 Å². The van der Waals surface area contributed by atoms with Gasteiger partial charge in [0.25, 0.3) is 5.91 Å². The van der Waals surface area contributed by atoms with Crippen molar-refractivity contribution in [2.45, 2.75) is 13.5 Å². The van der Waals surface area contributed by atoms with E-state index < -0.39 is 0 Å². The van der Waals surface area contributed by atoms with Crippen LogP contribution in [0.5, 0.6) is 11.5 Å². The minimum Gasteiger partial charge on any atom is -0.493 e. The zero-order valence-electron chi connectivity index (χ0n) is 14.9. The van der Waals surface area contributed by atoms with Gasteiger partial charge in [-0.05, 0) is 53.2 Å². The molecule has 2 heterocycles. The van der Waals surface area contributed by atoms with Crippen molar-refractivity contribution in [3.8, 4) is 11.5 Å². The molecule has 2 aromatic heterocycles. The van der Waals surface area contributed by atoms with Crippen molar-refractivity contribution in [1.29, 1.82) is 0 Å². The van der Waals surface area contributed by atoms with Gasteiger partial charge in [-0.15, -0.1) is 11.3 Å². The SMILES string of the molecule is CCN(C(=O)c1ccc(OCc2cscn2)c(OC)c1)c1ccc(Br)cn1. The minimum atomic E-state index is -0.156. The van der Waals surface area contributed by atoms with Crippen LogP contribution in [-0.2, 0) is 6.61 Å². The van der Waals surface area contributed by atoms with E-state index in [-0.39, 0.29) is 5.91 Å². The van der Waals surface area contributed by atoms with Crippen molar-refractivity contribution in [3.63, 3.8) is 0 Å². The summed E-state index contributed by atoms with van der Waals surface area (Å²) in [6, 6.07) is 8.80. The van der Waals surface area contributed by atoms with Gasteiger partial charge in [0.1, 0.15) is 12.4 Å². The summed E-state index contributed by atoms with van der Waals surface area (Å²) in [5.41, 5.74) is 3.10. The molecule has 0 saturated carbocycles. The molecule has 0 radical (unpaired) electrons. The highest BCUT2D eigenvalue weighted by molar-refractivity contribution is 9.10. The van der Waals surface area contributed by atoms with Crippen LogP contribution in [0.15, 0.2) is 51.9 Å². The maximum atomic E-state index is 13.0. The lowest BCUT2D eigenvalue weighted by Crippen LogP contribution is -2.31. The molecule has 27 heavy (non-hydrogen) atoms. The highest BCUT2D eigenvalue weighted by Gasteiger charge is 2.19. The number of carbonyl (C=O) groups excluding carboxylic acids is 1. The maximum Gasteiger partial charge on any atom is 0.259 e. The van der Waals surface area contributed by atoms with E-state index in [1.165, 1.54) is 11.3 Å². The molecule has 1 aromatic carbocycles.